The van der Waals surface area contributed by atoms with Crippen molar-refractivity contribution in [1.29, 1.82) is 0 Å². The summed E-state index contributed by atoms with van der Waals surface area (Å²) in [7, 11) is 1.61. The van der Waals surface area contributed by atoms with Crippen molar-refractivity contribution < 1.29 is 24.5 Å². The molecule has 0 saturated carbocycles. The average Bonchev–Trinajstić information content (AvgIpc) is 1.97. The van der Waals surface area contributed by atoms with Gasteiger partial charge in [-0.3, -0.25) is 4.79 Å². The minimum Gasteiger partial charge on any atom is -0.481 e. The Labute approximate surface area is 71.9 Å². The fourth-order valence-corrected chi connectivity index (χ4v) is 0.309. The third-order valence-corrected chi connectivity index (χ3v) is 0.667. The Bertz CT molecular complexity index is 83.8. The zero-order valence-electron chi connectivity index (χ0n) is 7.45. The molecule has 0 bridgehead atoms. The fraction of sp³-hybridized carbons (Fsp3) is 0.857. The first-order valence-corrected chi connectivity index (χ1v) is 3.52. The van der Waals surface area contributed by atoms with E-state index in [-0.39, 0.29) is 6.61 Å². The molecule has 0 aromatic carbocycles. The topological polar surface area (TPSA) is 76.0 Å². The minimum absolute atomic E-state index is 0.0870. The van der Waals surface area contributed by atoms with Gasteiger partial charge in [-0.25, -0.2) is 0 Å². The van der Waals surface area contributed by atoms with Gasteiger partial charge in [0.1, 0.15) is 0 Å². The van der Waals surface area contributed by atoms with Crippen LogP contribution in [-0.4, -0.2) is 49.7 Å². The lowest BCUT2D eigenvalue weighted by molar-refractivity contribution is -0.134. The molecule has 74 valence electrons. The number of aliphatic hydroxyl groups is 1. The molecule has 2 N–H and O–H groups in total. The van der Waals surface area contributed by atoms with Gasteiger partial charge in [0.2, 0.25) is 0 Å². The van der Waals surface area contributed by atoms with Crippen molar-refractivity contribution in [2.75, 3.05) is 33.5 Å². The molecule has 5 nitrogen and oxygen atoms in total. The predicted molar refractivity (Wildman–Crippen MR) is 43.1 cm³/mol. The molecule has 0 amide bonds. The Hall–Kier alpha value is -0.650. The molecule has 0 aliphatic carbocycles. The van der Waals surface area contributed by atoms with Crippen LogP contribution in [0, 0.1) is 0 Å². The van der Waals surface area contributed by atoms with Gasteiger partial charge in [0, 0.05) is 14.0 Å². The van der Waals surface area contributed by atoms with E-state index in [1.165, 1.54) is 0 Å². The van der Waals surface area contributed by atoms with E-state index >= 15 is 0 Å². The molecular weight excluding hydrogens is 164 g/mol. The standard InChI is InChI=1S/C5H12O3.C2H4O2/c1-7-4-5-8-3-2-6;1-2(3)4/h6H,2-5H2,1H3;1H3,(H,3,4). The van der Waals surface area contributed by atoms with Crippen molar-refractivity contribution in [2.45, 2.75) is 6.92 Å². The van der Waals surface area contributed by atoms with Gasteiger partial charge in [-0.1, -0.05) is 0 Å². The first kappa shape index (κ1) is 13.9. The number of carboxylic acids is 1. The molecular formula is C7H16O5. The van der Waals surface area contributed by atoms with E-state index < -0.39 is 5.97 Å². The normalized spacial score (nSPS) is 8.58. The number of ether oxygens (including phenoxy) is 2. The highest BCUT2D eigenvalue weighted by atomic mass is 16.5. The van der Waals surface area contributed by atoms with Crippen molar-refractivity contribution in [3.05, 3.63) is 0 Å². The monoisotopic (exact) mass is 180 g/mol. The van der Waals surface area contributed by atoms with Gasteiger partial charge in [-0.05, 0) is 0 Å². The quantitative estimate of drug-likeness (QED) is 0.570. The van der Waals surface area contributed by atoms with Crippen LogP contribution < -0.4 is 0 Å². The maximum atomic E-state index is 9.00. The predicted octanol–water partition coefficient (Wildman–Crippen LogP) is -0.267. The molecule has 0 fully saturated rings. The smallest absolute Gasteiger partial charge is 0.300 e. The Balaban J connectivity index is 0. The summed E-state index contributed by atoms with van der Waals surface area (Å²) >= 11 is 0. The lowest BCUT2D eigenvalue weighted by Crippen LogP contribution is -2.05. The summed E-state index contributed by atoms with van der Waals surface area (Å²) < 4.78 is 9.53. The molecule has 0 atom stereocenters. The third-order valence-electron chi connectivity index (χ3n) is 0.667. The Morgan fingerprint density at radius 1 is 1.33 bits per heavy atom. The van der Waals surface area contributed by atoms with Crippen molar-refractivity contribution >= 4 is 5.97 Å². The fourth-order valence-electron chi connectivity index (χ4n) is 0.309. The number of carboxylic acid groups (broad SMARTS) is 1. The van der Waals surface area contributed by atoms with Gasteiger partial charge >= 0.3 is 0 Å². The summed E-state index contributed by atoms with van der Waals surface area (Å²) in [5.74, 6) is -0.833. The zero-order chi connectivity index (χ0) is 9.82. The third kappa shape index (κ3) is 34.5. The van der Waals surface area contributed by atoms with E-state index in [0.29, 0.717) is 19.8 Å². The summed E-state index contributed by atoms with van der Waals surface area (Å²) in [6.45, 7) is 2.74. The van der Waals surface area contributed by atoms with Crippen molar-refractivity contribution in [2.24, 2.45) is 0 Å². The second kappa shape index (κ2) is 13.0. The van der Waals surface area contributed by atoms with Crippen LogP contribution >= 0.6 is 0 Å². The first-order chi connectivity index (χ1) is 5.65. The highest BCUT2D eigenvalue weighted by Crippen LogP contribution is 1.72. The van der Waals surface area contributed by atoms with Crippen LogP contribution in [-0.2, 0) is 14.3 Å². The van der Waals surface area contributed by atoms with Crippen LogP contribution in [0.15, 0.2) is 0 Å². The summed E-state index contributed by atoms with van der Waals surface area (Å²) in [6, 6.07) is 0. The van der Waals surface area contributed by atoms with Crippen LogP contribution in [0.1, 0.15) is 6.92 Å². The van der Waals surface area contributed by atoms with E-state index in [1.54, 1.807) is 7.11 Å². The van der Waals surface area contributed by atoms with E-state index in [0.717, 1.165) is 6.92 Å². The number of hydrogen-bond acceptors (Lipinski definition) is 4. The number of aliphatic hydroxyl groups excluding tert-OH is 1. The summed E-state index contributed by atoms with van der Waals surface area (Å²) in [5.41, 5.74) is 0. The molecule has 0 saturated heterocycles. The zero-order valence-corrected chi connectivity index (χ0v) is 7.45. The Morgan fingerprint density at radius 3 is 2.17 bits per heavy atom. The van der Waals surface area contributed by atoms with Crippen LogP contribution in [0.25, 0.3) is 0 Å². The molecule has 0 unspecified atom stereocenters. The van der Waals surface area contributed by atoms with Crippen LogP contribution in [0.3, 0.4) is 0 Å². The van der Waals surface area contributed by atoms with Crippen molar-refractivity contribution in [3.8, 4) is 0 Å². The number of rotatable bonds is 5. The second-order valence-electron chi connectivity index (χ2n) is 1.85. The highest BCUT2D eigenvalue weighted by Gasteiger charge is 1.82. The van der Waals surface area contributed by atoms with Crippen molar-refractivity contribution in [3.63, 3.8) is 0 Å². The molecule has 0 aromatic rings. The van der Waals surface area contributed by atoms with E-state index in [4.69, 9.17) is 19.7 Å². The lowest BCUT2D eigenvalue weighted by Gasteiger charge is -1.98. The highest BCUT2D eigenvalue weighted by molar-refractivity contribution is 5.62. The molecule has 0 aromatic heterocycles. The lowest BCUT2D eigenvalue weighted by atomic mass is 10.7. The van der Waals surface area contributed by atoms with Crippen molar-refractivity contribution in [1.82, 2.24) is 0 Å². The van der Waals surface area contributed by atoms with Gasteiger partial charge in [-0.2, -0.15) is 0 Å². The molecule has 0 rings (SSSR count). The summed E-state index contributed by atoms with van der Waals surface area (Å²) in [6.07, 6.45) is 0. The maximum Gasteiger partial charge on any atom is 0.300 e. The first-order valence-electron chi connectivity index (χ1n) is 3.52. The molecule has 0 aliphatic rings. The molecule has 0 aliphatic heterocycles. The number of carbonyl (C=O) groups is 1. The Kier molecular flexibility index (Phi) is 15.0. The van der Waals surface area contributed by atoms with Gasteiger partial charge in [0.05, 0.1) is 26.4 Å². The molecule has 0 spiro atoms. The minimum atomic E-state index is -0.833. The second-order valence-corrected chi connectivity index (χ2v) is 1.85. The van der Waals surface area contributed by atoms with Gasteiger partial charge in [0.15, 0.2) is 0 Å². The van der Waals surface area contributed by atoms with Gasteiger partial charge in [-0.15, -0.1) is 0 Å². The van der Waals surface area contributed by atoms with E-state index in [2.05, 4.69) is 4.74 Å². The number of aliphatic carboxylic acids is 1. The van der Waals surface area contributed by atoms with E-state index in [9.17, 15) is 0 Å². The SMILES string of the molecule is CC(=O)O.COCCOCCO. The Morgan fingerprint density at radius 2 is 1.83 bits per heavy atom. The summed E-state index contributed by atoms with van der Waals surface area (Å²) in [5, 5.41) is 15.6. The van der Waals surface area contributed by atoms with Crippen LogP contribution in [0.5, 0.6) is 0 Å². The molecule has 12 heavy (non-hydrogen) atoms. The average molecular weight is 180 g/mol. The van der Waals surface area contributed by atoms with Gasteiger partial charge < -0.3 is 19.7 Å². The maximum absolute atomic E-state index is 9.00. The van der Waals surface area contributed by atoms with Gasteiger partial charge in [0.25, 0.3) is 5.97 Å². The van der Waals surface area contributed by atoms with Crippen LogP contribution in [0.2, 0.25) is 0 Å². The summed E-state index contributed by atoms with van der Waals surface area (Å²) in [4.78, 5) is 9.00. The van der Waals surface area contributed by atoms with E-state index in [1.807, 2.05) is 0 Å². The van der Waals surface area contributed by atoms with Crippen LogP contribution in [0.4, 0.5) is 0 Å². The number of hydrogen-bond donors (Lipinski definition) is 2. The molecule has 0 radical (unpaired) electrons. The molecule has 5 heteroatoms. The number of methoxy groups -OCH3 is 1. The largest absolute Gasteiger partial charge is 0.481 e. The molecule has 0 heterocycles.